The molecule has 1 saturated heterocycles. The first-order valence-corrected chi connectivity index (χ1v) is 13.7. The van der Waals surface area contributed by atoms with E-state index >= 15 is 0 Å². The molecule has 3 aromatic rings. The third-order valence-electron chi connectivity index (χ3n) is 5.88. The smallest absolute Gasteiger partial charge is 0.260 e. The number of morpholine rings is 1. The summed E-state index contributed by atoms with van der Waals surface area (Å²) in [5.41, 5.74) is 3.44. The number of ether oxygens (including phenoxy) is 1. The minimum absolute atomic E-state index is 0.137. The number of sulfone groups is 1. The van der Waals surface area contributed by atoms with E-state index in [1.165, 1.54) is 23.5 Å². The molecule has 0 unspecified atom stereocenters. The lowest BCUT2D eigenvalue weighted by Crippen LogP contribution is -2.39. The number of carbonyl (C=O) groups excluding carboxylic acids is 1. The number of nitrogens with zero attached hydrogens (tertiary/aromatic N) is 3. The zero-order valence-corrected chi connectivity index (χ0v) is 20.8. The van der Waals surface area contributed by atoms with Gasteiger partial charge in [-0.2, -0.15) is 0 Å². The molecule has 9 heteroatoms. The number of rotatable bonds is 7. The van der Waals surface area contributed by atoms with Crippen LogP contribution < -0.4 is 4.90 Å². The van der Waals surface area contributed by atoms with Crippen LogP contribution in [0, 0.1) is 13.8 Å². The fraction of sp³-hybridized carbons (Fsp3) is 0.417. The number of benzene rings is 2. The second-order valence-electron chi connectivity index (χ2n) is 8.44. The van der Waals surface area contributed by atoms with Crippen LogP contribution >= 0.6 is 11.3 Å². The van der Waals surface area contributed by atoms with Gasteiger partial charge in [0.2, 0.25) is 0 Å². The fourth-order valence-electron chi connectivity index (χ4n) is 3.94. The van der Waals surface area contributed by atoms with Crippen molar-refractivity contribution in [1.82, 2.24) is 9.88 Å². The number of aromatic nitrogens is 1. The zero-order chi connectivity index (χ0) is 23.6. The van der Waals surface area contributed by atoms with Gasteiger partial charge in [-0.3, -0.25) is 14.6 Å². The Morgan fingerprint density at radius 1 is 1.15 bits per heavy atom. The Kier molecular flexibility index (Phi) is 7.13. The van der Waals surface area contributed by atoms with E-state index in [0.717, 1.165) is 66.9 Å². The minimum atomic E-state index is -3.41. The summed E-state index contributed by atoms with van der Waals surface area (Å²) in [5.74, 6) is -0.239. The molecule has 33 heavy (non-hydrogen) atoms. The summed E-state index contributed by atoms with van der Waals surface area (Å²) < 4.78 is 30.6. The molecule has 1 fully saturated rings. The summed E-state index contributed by atoms with van der Waals surface area (Å²) in [6, 6.07) is 10.4. The molecule has 0 N–H and O–H groups in total. The molecule has 2 heterocycles. The van der Waals surface area contributed by atoms with Gasteiger partial charge in [-0.05, 0) is 49.6 Å². The van der Waals surface area contributed by atoms with Crippen molar-refractivity contribution in [3.05, 3.63) is 53.1 Å². The van der Waals surface area contributed by atoms with Crippen molar-refractivity contribution in [3.8, 4) is 0 Å². The molecular weight excluding hydrogens is 458 g/mol. The second kappa shape index (κ2) is 9.89. The lowest BCUT2D eigenvalue weighted by molar-refractivity contribution is 0.0376. The Morgan fingerprint density at radius 3 is 2.58 bits per heavy atom. The number of hydrogen-bond donors (Lipinski definition) is 0. The van der Waals surface area contributed by atoms with E-state index in [9.17, 15) is 13.2 Å². The highest BCUT2D eigenvalue weighted by Gasteiger charge is 2.23. The SMILES string of the molecule is Cc1ccc(C)c2sc(N(CCCN3CCOCC3)C(=O)c3cccc(S(C)(=O)=O)c3)nc12. The minimum Gasteiger partial charge on any atom is -0.379 e. The summed E-state index contributed by atoms with van der Waals surface area (Å²) in [5, 5.41) is 0.638. The normalized spacial score (nSPS) is 15.1. The highest BCUT2D eigenvalue weighted by Crippen LogP contribution is 2.34. The van der Waals surface area contributed by atoms with Crippen molar-refractivity contribution < 1.29 is 17.9 Å². The van der Waals surface area contributed by atoms with Crippen LogP contribution in [0.3, 0.4) is 0 Å². The monoisotopic (exact) mass is 487 g/mol. The molecule has 0 bridgehead atoms. The molecule has 1 aliphatic rings. The van der Waals surface area contributed by atoms with Gasteiger partial charge < -0.3 is 4.74 Å². The first-order chi connectivity index (χ1) is 15.7. The molecule has 0 atom stereocenters. The maximum atomic E-state index is 13.6. The predicted molar refractivity (Wildman–Crippen MR) is 132 cm³/mol. The molecular formula is C24H29N3O4S2. The third-order valence-corrected chi connectivity index (χ3v) is 8.20. The molecule has 1 amide bonds. The van der Waals surface area contributed by atoms with Crippen LogP contribution in [0.5, 0.6) is 0 Å². The van der Waals surface area contributed by atoms with Crippen molar-refractivity contribution in [2.75, 3.05) is 50.5 Å². The van der Waals surface area contributed by atoms with E-state index in [2.05, 4.69) is 11.0 Å². The first kappa shape index (κ1) is 23.8. The van der Waals surface area contributed by atoms with Gasteiger partial charge in [-0.1, -0.05) is 29.5 Å². The Hall–Kier alpha value is -2.33. The van der Waals surface area contributed by atoms with Gasteiger partial charge in [0, 0.05) is 38.0 Å². The van der Waals surface area contributed by atoms with E-state index in [4.69, 9.17) is 9.72 Å². The molecule has 1 aromatic heterocycles. The Bertz CT molecular complexity index is 1220. The van der Waals surface area contributed by atoms with E-state index in [0.29, 0.717) is 17.2 Å². The van der Waals surface area contributed by atoms with E-state index in [1.54, 1.807) is 17.0 Å². The molecule has 1 aliphatic heterocycles. The van der Waals surface area contributed by atoms with Gasteiger partial charge >= 0.3 is 0 Å². The van der Waals surface area contributed by atoms with Crippen LogP contribution in [0.25, 0.3) is 10.2 Å². The van der Waals surface area contributed by atoms with Gasteiger partial charge in [-0.15, -0.1) is 0 Å². The van der Waals surface area contributed by atoms with Gasteiger partial charge in [0.15, 0.2) is 15.0 Å². The molecule has 0 saturated carbocycles. The molecule has 0 aliphatic carbocycles. The maximum Gasteiger partial charge on any atom is 0.260 e. The highest BCUT2D eigenvalue weighted by atomic mass is 32.2. The van der Waals surface area contributed by atoms with E-state index in [1.807, 2.05) is 19.9 Å². The number of thiazole rings is 1. The Morgan fingerprint density at radius 2 is 1.88 bits per heavy atom. The van der Waals surface area contributed by atoms with Crippen LogP contribution in [0.1, 0.15) is 27.9 Å². The summed E-state index contributed by atoms with van der Waals surface area (Å²) in [6.07, 6.45) is 1.93. The predicted octanol–water partition coefficient (Wildman–Crippen LogP) is 3.69. The summed E-state index contributed by atoms with van der Waals surface area (Å²) in [7, 11) is -3.41. The number of carbonyl (C=O) groups is 1. The first-order valence-electron chi connectivity index (χ1n) is 11.0. The van der Waals surface area contributed by atoms with Crippen molar-refractivity contribution in [2.24, 2.45) is 0 Å². The van der Waals surface area contributed by atoms with E-state index < -0.39 is 9.84 Å². The highest BCUT2D eigenvalue weighted by molar-refractivity contribution is 7.90. The van der Waals surface area contributed by atoms with Crippen LogP contribution in [0.15, 0.2) is 41.3 Å². The lowest BCUT2D eigenvalue weighted by Gasteiger charge is -2.27. The van der Waals surface area contributed by atoms with Crippen LogP contribution in [-0.4, -0.2) is 69.9 Å². The van der Waals surface area contributed by atoms with Gasteiger partial charge in [0.25, 0.3) is 5.91 Å². The number of amides is 1. The number of aryl methyl sites for hydroxylation is 2. The molecule has 7 nitrogen and oxygen atoms in total. The Balaban J connectivity index is 1.66. The molecule has 2 aromatic carbocycles. The van der Waals surface area contributed by atoms with Gasteiger partial charge in [0.1, 0.15) is 0 Å². The average molecular weight is 488 g/mol. The maximum absolute atomic E-state index is 13.6. The quantitative estimate of drug-likeness (QED) is 0.506. The largest absolute Gasteiger partial charge is 0.379 e. The second-order valence-corrected chi connectivity index (χ2v) is 11.4. The average Bonchev–Trinajstić information content (AvgIpc) is 3.26. The Labute approximate surface area is 198 Å². The van der Waals surface area contributed by atoms with Crippen LogP contribution in [0.4, 0.5) is 5.13 Å². The summed E-state index contributed by atoms with van der Waals surface area (Å²) in [4.78, 5) is 22.6. The standard InChI is InChI=1S/C24H29N3O4S2/c1-17-8-9-18(2)22-21(17)25-24(32-22)27(11-5-10-26-12-14-31-15-13-26)23(28)19-6-4-7-20(16-19)33(3,29)30/h4,6-9,16H,5,10-15H2,1-3H3. The molecule has 0 radical (unpaired) electrons. The zero-order valence-electron chi connectivity index (χ0n) is 19.2. The van der Waals surface area contributed by atoms with Gasteiger partial charge in [0.05, 0.1) is 28.3 Å². The molecule has 176 valence electrons. The number of fused-ring (bicyclic) bond motifs is 1. The summed E-state index contributed by atoms with van der Waals surface area (Å²) in [6.45, 7) is 8.68. The lowest BCUT2D eigenvalue weighted by atomic mass is 10.1. The van der Waals surface area contributed by atoms with E-state index in [-0.39, 0.29) is 10.8 Å². The van der Waals surface area contributed by atoms with Crippen molar-refractivity contribution in [2.45, 2.75) is 25.2 Å². The van der Waals surface area contributed by atoms with Crippen molar-refractivity contribution >= 4 is 42.4 Å². The summed E-state index contributed by atoms with van der Waals surface area (Å²) >= 11 is 1.51. The van der Waals surface area contributed by atoms with Crippen LogP contribution in [0.2, 0.25) is 0 Å². The molecule has 4 rings (SSSR count). The van der Waals surface area contributed by atoms with Crippen molar-refractivity contribution in [3.63, 3.8) is 0 Å². The number of anilines is 1. The van der Waals surface area contributed by atoms with Gasteiger partial charge in [-0.25, -0.2) is 13.4 Å². The fourth-order valence-corrected chi connectivity index (χ4v) is 5.74. The number of hydrogen-bond acceptors (Lipinski definition) is 7. The van der Waals surface area contributed by atoms with Crippen LogP contribution in [-0.2, 0) is 14.6 Å². The topological polar surface area (TPSA) is 79.8 Å². The third kappa shape index (κ3) is 5.43. The van der Waals surface area contributed by atoms with Crippen molar-refractivity contribution in [1.29, 1.82) is 0 Å². The molecule has 0 spiro atoms.